The number of nitrogen functional groups attached to an aromatic ring is 1. The maximum Gasteiger partial charge on any atom is 0.271 e. The zero-order valence-corrected chi connectivity index (χ0v) is 9.42. The van der Waals surface area contributed by atoms with Crippen LogP contribution in [0.2, 0.25) is 0 Å². The van der Waals surface area contributed by atoms with Gasteiger partial charge in [-0.15, -0.1) is 0 Å². The highest BCUT2D eigenvalue weighted by atomic mass is 16.2. The number of imidazole rings is 1. The van der Waals surface area contributed by atoms with Crippen LogP contribution in [0, 0.1) is 0 Å². The lowest BCUT2D eigenvalue weighted by atomic mass is 10.3. The highest BCUT2D eigenvalue weighted by molar-refractivity contribution is 5.97. The summed E-state index contributed by atoms with van der Waals surface area (Å²) < 4.78 is 1.89. The third kappa shape index (κ3) is 2.63. The van der Waals surface area contributed by atoms with Gasteiger partial charge in [0.25, 0.3) is 5.91 Å². The van der Waals surface area contributed by atoms with E-state index >= 15 is 0 Å². The molecule has 17 heavy (non-hydrogen) atoms. The lowest BCUT2D eigenvalue weighted by molar-refractivity contribution is 0.0932. The first-order chi connectivity index (χ1) is 8.16. The molecule has 7 heteroatoms. The lowest BCUT2D eigenvalue weighted by Gasteiger charge is -2.13. The predicted molar refractivity (Wildman–Crippen MR) is 62.2 cm³/mol. The molecule has 0 aliphatic rings. The molecule has 1 atom stereocenters. The van der Waals surface area contributed by atoms with Crippen LogP contribution < -0.4 is 11.1 Å². The fourth-order valence-electron chi connectivity index (χ4n) is 1.53. The summed E-state index contributed by atoms with van der Waals surface area (Å²) in [4.78, 5) is 15.7. The Kier molecular flexibility index (Phi) is 3.08. The van der Waals surface area contributed by atoms with E-state index in [2.05, 4.69) is 20.5 Å². The number of hydrogen-bond donors (Lipinski definition) is 3. The Labute approximate surface area is 98.0 Å². The molecule has 0 spiro atoms. The molecule has 4 N–H and O–H groups in total. The molecular weight excluding hydrogens is 220 g/mol. The molecule has 0 fully saturated rings. The molecular formula is C10H14N6O. The van der Waals surface area contributed by atoms with Crippen molar-refractivity contribution in [1.29, 1.82) is 0 Å². The fraction of sp³-hybridized carbons (Fsp3) is 0.300. The van der Waals surface area contributed by atoms with Gasteiger partial charge >= 0.3 is 0 Å². The van der Waals surface area contributed by atoms with Gasteiger partial charge in [0.1, 0.15) is 5.69 Å². The molecule has 0 radical (unpaired) electrons. The normalized spacial score (nSPS) is 12.3. The first kappa shape index (κ1) is 11.2. The summed E-state index contributed by atoms with van der Waals surface area (Å²) in [5, 5.41) is 9.09. The van der Waals surface area contributed by atoms with Crippen LogP contribution in [0.5, 0.6) is 0 Å². The molecule has 0 saturated carbocycles. The quantitative estimate of drug-likeness (QED) is 0.693. The second kappa shape index (κ2) is 4.69. The zero-order chi connectivity index (χ0) is 12.3. The van der Waals surface area contributed by atoms with Gasteiger partial charge in [0.15, 0.2) is 0 Å². The van der Waals surface area contributed by atoms with E-state index in [0.717, 1.165) is 0 Å². The van der Waals surface area contributed by atoms with E-state index in [9.17, 15) is 4.79 Å². The van der Waals surface area contributed by atoms with Crippen molar-refractivity contribution in [2.45, 2.75) is 19.5 Å². The van der Waals surface area contributed by atoms with Gasteiger partial charge in [0.2, 0.25) is 0 Å². The van der Waals surface area contributed by atoms with Crippen molar-refractivity contribution in [2.24, 2.45) is 0 Å². The molecule has 1 unspecified atom stereocenters. The molecule has 0 saturated heterocycles. The fourth-order valence-corrected chi connectivity index (χ4v) is 1.53. The average Bonchev–Trinajstić information content (AvgIpc) is 2.88. The number of aromatic amines is 1. The predicted octanol–water partition coefficient (Wildman–Crippen LogP) is 0.00690. The number of anilines is 1. The Morgan fingerprint density at radius 3 is 3.12 bits per heavy atom. The largest absolute Gasteiger partial charge is 0.396 e. The van der Waals surface area contributed by atoms with E-state index in [1.807, 2.05) is 17.7 Å². The van der Waals surface area contributed by atoms with Gasteiger partial charge < -0.3 is 15.6 Å². The third-order valence-corrected chi connectivity index (χ3v) is 2.32. The Morgan fingerprint density at radius 2 is 2.53 bits per heavy atom. The number of aromatic nitrogens is 4. The van der Waals surface area contributed by atoms with E-state index in [-0.39, 0.29) is 11.9 Å². The molecule has 0 bridgehead atoms. The number of carbonyl (C=O) groups excluding carboxylic acids is 1. The molecule has 0 aromatic carbocycles. The molecule has 1 amide bonds. The Balaban J connectivity index is 1.93. The first-order valence-electron chi connectivity index (χ1n) is 5.22. The van der Waals surface area contributed by atoms with Crippen LogP contribution in [0.1, 0.15) is 17.4 Å². The molecule has 2 heterocycles. The van der Waals surface area contributed by atoms with Crippen LogP contribution in [0.25, 0.3) is 0 Å². The minimum Gasteiger partial charge on any atom is -0.396 e. The summed E-state index contributed by atoms with van der Waals surface area (Å²) in [6.45, 7) is 2.56. The first-order valence-corrected chi connectivity index (χ1v) is 5.22. The Bertz CT molecular complexity index is 489. The highest BCUT2D eigenvalue weighted by Gasteiger charge is 2.14. The Morgan fingerprint density at radius 1 is 1.71 bits per heavy atom. The molecule has 7 nitrogen and oxygen atoms in total. The molecule has 90 valence electrons. The molecule has 2 rings (SSSR count). The minimum absolute atomic E-state index is 0.0283. The van der Waals surface area contributed by atoms with Crippen LogP contribution >= 0.6 is 0 Å². The van der Waals surface area contributed by atoms with E-state index in [4.69, 9.17) is 5.73 Å². The summed E-state index contributed by atoms with van der Waals surface area (Å²) in [5.41, 5.74) is 6.22. The van der Waals surface area contributed by atoms with E-state index in [1.165, 1.54) is 6.20 Å². The highest BCUT2D eigenvalue weighted by Crippen LogP contribution is 2.05. The number of hydrogen-bond acceptors (Lipinski definition) is 4. The van der Waals surface area contributed by atoms with Gasteiger partial charge in [0, 0.05) is 25.0 Å². The zero-order valence-electron chi connectivity index (χ0n) is 9.42. The topological polar surface area (TPSA) is 102 Å². The maximum atomic E-state index is 11.8. The SMILES string of the molecule is CC(Cn1ccnc1)NC(=O)c1[nH]ncc1N. The average molecular weight is 234 g/mol. The van der Waals surface area contributed by atoms with Crippen molar-refractivity contribution < 1.29 is 4.79 Å². The minimum atomic E-state index is -0.257. The van der Waals surface area contributed by atoms with Crippen molar-refractivity contribution in [3.63, 3.8) is 0 Å². The second-order valence-electron chi connectivity index (χ2n) is 3.83. The number of nitrogens with zero attached hydrogens (tertiary/aromatic N) is 3. The van der Waals surface area contributed by atoms with Crippen molar-refractivity contribution >= 4 is 11.6 Å². The summed E-state index contributed by atoms with van der Waals surface area (Å²) >= 11 is 0. The summed E-state index contributed by atoms with van der Waals surface area (Å²) in [5.74, 6) is -0.257. The monoisotopic (exact) mass is 234 g/mol. The van der Waals surface area contributed by atoms with Gasteiger partial charge in [-0.25, -0.2) is 4.98 Å². The standard InChI is InChI=1S/C10H14N6O/c1-7(5-16-3-2-12-6-16)14-10(17)9-8(11)4-13-15-9/h2-4,6-7H,5,11H2,1H3,(H,13,15)(H,14,17). The molecule has 2 aromatic rings. The van der Waals surface area contributed by atoms with Crippen molar-refractivity contribution in [3.05, 3.63) is 30.6 Å². The summed E-state index contributed by atoms with van der Waals surface area (Å²) in [6, 6.07) is -0.0283. The Hall–Kier alpha value is -2.31. The molecule has 2 aromatic heterocycles. The van der Waals surface area contributed by atoms with Gasteiger partial charge in [0.05, 0.1) is 18.2 Å². The van der Waals surface area contributed by atoms with Gasteiger partial charge in [-0.3, -0.25) is 9.89 Å². The summed E-state index contributed by atoms with van der Waals surface area (Å²) in [6.07, 6.45) is 6.65. The van der Waals surface area contributed by atoms with Gasteiger partial charge in [-0.05, 0) is 6.92 Å². The van der Waals surface area contributed by atoms with E-state index in [1.54, 1.807) is 12.5 Å². The number of H-pyrrole nitrogens is 1. The van der Waals surface area contributed by atoms with E-state index in [0.29, 0.717) is 17.9 Å². The van der Waals surface area contributed by atoms with Crippen LogP contribution in [0.3, 0.4) is 0 Å². The van der Waals surface area contributed by atoms with Crippen LogP contribution in [0.4, 0.5) is 5.69 Å². The van der Waals surface area contributed by atoms with Crippen LogP contribution in [-0.4, -0.2) is 31.7 Å². The number of amides is 1. The third-order valence-electron chi connectivity index (χ3n) is 2.32. The van der Waals surface area contributed by atoms with Crippen LogP contribution in [0.15, 0.2) is 24.9 Å². The second-order valence-corrected chi connectivity index (χ2v) is 3.83. The number of rotatable bonds is 4. The molecule has 0 aliphatic carbocycles. The van der Waals surface area contributed by atoms with Crippen molar-refractivity contribution in [3.8, 4) is 0 Å². The lowest BCUT2D eigenvalue weighted by Crippen LogP contribution is -2.36. The van der Waals surface area contributed by atoms with E-state index < -0.39 is 0 Å². The summed E-state index contributed by atoms with van der Waals surface area (Å²) in [7, 11) is 0. The molecule has 0 aliphatic heterocycles. The van der Waals surface area contributed by atoms with Crippen LogP contribution in [-0.2, 0) is 6.54 Å². The van der Waals surface area contributed by atoms with Crippen molar-refractivity contribution in [1.82, 2.24) is 25.1 Å². The smallest absolute Gasteiger partial charge is 0.271 e. The van der Waals surface area contributed by atoms with Crippen molar-refractivity contribution in [2.75, 3.05) is 5.73 Å². The van der Waals surface area contributed by atoms with Gasteiger partial charge in [-0.2, -0.15) is 5.10 Å². The van der Waals surface area contributed by atoms with Gasteiger partial charge in [-0.1, -0.05) is 0 Å². The number of carbonyl (C=O) groups is 1. The number of nitrogens with one attached hydrogen (secondary N) is 2. The maximum absolute atomic E-state index is 11.8. The number of nitrogens with two attached hydrogens (primary N) is 1.